The molecule has 2 amide bonds. The van der Waals surface area contributed by atoms with Crippen LogP contribution in [0.15, 0.2) is 42.9 Å². The molecule has 0 aliphatic carbocycles. The number of amides is 2. The lowest BCUT2D eigenvalue weighted by molar-refractivity contribution is -0.119. The summed E-state index contributed by atoms with van der Waals surface area (Å²) in [5.41, 5.74) is 12.3. The fourth-order valence-electron chi connectivity index (χ4n) is 2.63. The molecule has 0 saturated carbocycles. The molecule has 29 heavy (non-hydrogen) atoms. The number of carbonyl (C=O) groups excluding carboxylic acids is 2. The first kappa shape index (κ1) is 19.7. The van der Waals surface area contributed by atoms with Gasteiger partial charge in [0.1, 0.15) is 17.4 Å². The number of benzene rings is 1. The maximum absolute atomic E-state index is 11.8. The summed E-state index contributed by atoms with van der Waals surface area (Å²) in [6, 6.07) is 6.52. The van der Waals surface area contributed by atoms with E-state index in [9.17, 15) is 9.59 Å². The van der Waals surface area contributed by atoms with Gasteiger partial charge >= 0.3 is 0 Å². The average Bonchev–Trinajstić information content (AvgIpc) is 3.20. The maximum atomic E-state index is 11.8. The van der Waals surface area contributed by atoms with Gasteiger partial charge in [-0.05, 0) is 24.1 Å². The first-order valence-electron chi connectivity index (χ1n) is 8.81. The minimum Gasteiger partial charge on any atom is -0.368 e. The third-order valence-electron chi connectivity index (χ3n) is 4.07. The van der Waals surface area contributed by atoms with Gasteiger partial charge in [0, 0.05) is 11.9 Å². The molecule has 0 aliphatic rings. The normalized spacial score (nSPS) is 11.8. The summed E-state index contributed by atoms with van der Waals surface area (Å²) in [5, 5.41) is 14.1. The van der Waals surface area contributed by atoms with Gasteiger partial charge < -0.3 is 22.1 Å². The van der Waals surface area contributed by atoms with E-state index < -0.39 is 17.9 Å². The van der Waals surface area contributed by atoms with Crippen molar-refractivity contribution in [3.8, 4) is 5.69 Å². The van der Waals surface area contributed by atoms with E-state index >= 15 is 0 Å². The molecule has 0 bridgehead atoms. The van der Waals surface area contributed by atoms with Gasteiger partial charge in [0.15, 0.2) is 0 Å². The molecule has 0 aliphatic heterocycles. The topological polar surface area (TPSA) is 167 Å². The molecule has 0 radical (unpaired) electrons. The second-order valence-electron chi connectivity index (χ2n) is 6.58. The van der Waals surface area contributed by atoms with E-state index in [1.54, 1.807) is 30.6 Å². The lowest BCUT2D eigenvalue weighted by Gasteiger charge is -2.19. The third kappa shape index (κ3) is 4.64. The third-order valence-corrected chi connectivity index (χ3v) is 4.07. The number of carbonyl (C=O) groups is 2. The second kappa shape index (κ2) is 8.33. The number of rotatable bonds is 8. The Bertz CT molecular complexity index is 1020. The van der Waals surface area contributed by atoms with Crippen molar-refractivity contribution in [2.24, 2.45) is 17.4 Å². The molecule has 1 atom stereocenters. The number of nitrogens with zero attached hydrogens (tertiary/aromatic N) is 5. The summed E-state index contributed by atoms with van der Waals surface area (Å²) < 4.78 is 0. The molecule has 11 nitrogen and oxygen atoms in total. The SMILES string of the molecule is CC(C)[C@@H](Nc1ncc(C(N)=O)c(Nc2cccc(-n3nccn3)c2)n1)C(N)=O. The monoisotopic (exact) mass is 395 g/mol. The van der Waals surface area contributed by atoms with Crippen molar-refractivity contribution in [3.05, 3.63) is 48.4 Å². The van der Waals surface area contributed by atoms with Crippen molar-refractivity contribution in [1.29, 1.82) is 0 Å². The van der Waals surface area contributed by atoms with Crippen molar-refractivity contribution < 1.29 is 9.59 Å². The maximum Gasteiger partial charge on any atom is 0.254 e. The van der Waals surface area contributed by atoms with Gasteiger partial charge in [0.25, 0.3) is 5.91 Å². The Balaban J connectivity index is 1.92. The minimum absolute atomic E-state index is 0.0819. The van der Waals surface area contributed by atoms with Crippen molar-refractivity contribution in [3.63, 3.8) is 0 Å². The molecule has 1 aromatic carbocycles. The molecule has 0 saturated heterocycles. The zero-order chi connectivity index (χ0) is 21.0. The summed E-state index contributed by atoms with van der Waals surface area (Å²) in [6.45, 7) is 3.68. The van der Waals surface area contributed by atoms with E-state index in [2.05, 4.69) is 30.8 Å². The zero-order valence-corrected chi connectivity index (χ0v) is 15.9. The first-order chi connectivity index (χ1) is 13.8. The van der Waals surface area contributed by atoms with Gasteiger partial charge in [-0.15, -0.1) is 0 Å². The predicted octanol–water partition coefficient (Wildman–Crippen LogP) is 0.822. The Morgan fingerprint density at radius 2 is 1.86 bits per heavy atom. The van der Waals surface area contributed by atoms with E-state index in [0.29, 0.717) is 11.4 Å². The lowest BCUT2D eigenvalue weighted by atomic mass is 10.0. The van der Waals surface area contributed by atoms with Crippen LogP contribution < -0.4 is 22.1 Å². The number of hydrogen-bond acceptors (Lipinski definition) is 8. The molecule has 11 heteroatoms. The van der Waals surface area contributed by atoms with Crippen molar-refractivity contribution in [1.82, 2.24) is 25.0 Å². The molecule has 0 fully saturated rings. The quantitative estimate of drug-likeness (QED) is 0.435. The highest BCUT2D eigenvalue weighted by Crippen LogP contribution is 2.22. The summed E-state index contributed by atoms with van der Waals surface area (Å²) in [4.78, 5) is 33.3. The fraction of sp³-hybridized carbons (Fsp3) is 0.222. The van der Waals surface area contributed by atoms with Gasteiger partial charge in [0.2, 0.25) is 11.9 Å². The van der Waals surface area contributed by atoms with Crippen LogP contribution in [0.1, 0.15) is 24.2 Å². The van der Waals surface area contributed by atoms with Crippen LogP contribution in [0, 0.1) is 5.92 Å². The molecular formula is C18H21N9O2. The Kier molecular flexibility index (Phi) is 5.67. The summed E-state index contributed by atoms with van der Waals surface area (Å²) in [5.74, 6) is -0.982. The molecule has 2 aromatic heterocycles. The van der Waals surface area contributed by atoms with Crippen molar-refractivity contribution >= 4 is 29.3 Å². The number of anilines is 3. The van der Waals surface area contributed by atoms with Gasteiger partial charge in [-0.3, -0.25) is 9.59 Å². The van der Waals surface area contributed by atoms with Crippen molar-refractivity contribution in [2.45, 2.75) is 19.9 Å². The predicted molar refractivity (Wildman–Crippen MR) is 107 cm³/mol. The van der Waals surface area contributed by atoms with E-state index in [0.717, 1.165) is 0 Å². The van der Waals surface area contributed by atoms with Crippen LogP contribution in [0.3, 0.4) is 0 Å². The number of hydrogen-bond donors (Lipinski definition) is 4. The molecule has 0 unspecified atom stereocenters. The number of aromatic nitrogens is 5. The number of nitrogens with two attached hydrogens (primary N) is 2. The standard InChI is InChI=1S/C18H21N9O2/c1-10(2)14(16(20)29)25-18-21-9-13(15(19)28)17(26-18)24-11-4-3-5-12(8-11)27-22-6-7-23-27/h3-10,14H,1-2H3,(H2,19,28)(H2,20,29)(H2,21,24,25,26)/t14-/m1/s1. The van der Waals surface area contributed by atoms with Crippen LogP contribution in [0.2, 0.25) is 0 Å². The van der Waals surface area contributed by atoms with Gasteiger partial charge in [-0.1, -0.05) is 19.9 Å². The van der Waals surface area contributed by atoms with Crippen LogP contribution in [-0.4, -0.2) is 42.8 Å². The Labute approximate surface area is 166 Å². The summed E-state index contributed by atoms with van der Waals surface area (Å²) in [6.07, 6.45) is 4.42. The van der Waals surface area contributed by atoms with Gasteiger partial charge in [-0.25, -0.2) is 4.98 Å². The van der Waals surface area contributed by atoms with Gasteiger partial charge in [0.05, 0.1) is 18.1 Å². The van der Waals surface area contributed by atoms with Crippen LogP contribution in [-0.2, 0) is 4.79 Å². The molecule has 3 aromatic rings. The highest BCUT2D eigenvalue weighted by atomic mass is 16.1. The fourth-order valence-corrected chi connectivity index (χ4v) is 2.63. The smallest absolute Gasteiger partial charge is 0.254 e. The van der Waals surface area contributed by atoms with Crippen LogP contribution >= 0.6 is 0 Å². The summed E-state index contributed by atoms with van der Waals surface area (Å²) in [7, 11) is 0. The zero-order valence-electron chi connectivity index (χ0n) is 15.9. The Hall–Kier alpha value is -4.02. The molecule has 3 rings (SSSR count). The molecule has 2 heterocycles. The van der Waals surface area contributed by atoms with E-state index in [-0.39, 0.29) is 23.2 Å². The minimum atomic E-state index is -0.695. The molecule has 150 valence electrons. The second-order valence-corrected chi connectivity index (χ2v) is 6.58. The van der Waals surface area contributed by atoms with E-state index in [1.165, 1.54) is 11.0 Å². The van der Waals surface area contributed by atoms with Crippen LogP contribution in [0.5, 0.6) is 0 Å². The average molecular weight is 395 g/mol. The van der Waals surface area contributed by atoms with Crippen molar-refractivity contribution in [2.75, 3.05) is 10.6 Å². The molecular weight excluding hydrogens is 374 g/mol. The number of nitrogens with one attached hydrogen (secondary N) is 2. The largest absolute Gasteiger partial charge is 0.368 e. The molecule has 6 N–H and O–H groups in total. The van der Waals surface area contributed by atoms with Crippen LogP contribution in [0.4, 0.5) is 17.5 Å². The van der Waals surface area contributed by atoms with E-state index in [4.69, 9.17) is 11.5 Å². The number of primary amides is 2. The van der Waals surface area contributed by atoms with E-state index in [1.807, 2.05) is 19.9 Å². The Morgan fingerprint density at radius 3 is 2.48 bits per heavy atom. The summed E-state index contributed by atoms with van der Waals surface area (Å²) >= 11 is 0. The molecule has 0 spiro atoms. The lowest BCUT2D eigenvalue weighted by Crippen LogP contribution is -2.40. The van der Waals surface area contributed by atoms with Crippen LogP contribution in [0.25, 0.3) is 5.69 Å². The highest BCUT2D eigenvalue weighted by molar-refractivity contribution is 5.98. The first-order valence-corrected chi connectivity index (χ1v) is 8.81. The Morgan fingerprint density at radius 1 is 1.14 bits per heavy atom. The van der Waals surface area contributed by atoms with Gasteiger partial charge in [-0.2, -0.15) is 20.0 Å². The highest BCUT2D eigenvalue weighted by Gasteiger charge is 2.21.